The lowest BCUT2D eigenvalue weighted by Gasteiger charge is -2.13. The molecule has 0 aliphatic rings. The average Bonchev–Trinajstić information content (AvgIpc) is 2.96. The molecule has 116 valence electrons. The third-order valence-electron chi connectivity index (χ3n) is 3.96. The molecule has 3 rings (SSSR count). The van der Waals surface area contributed by atoms with Gasteiger partial charge in [-0.15, -0.1) is 0 Å². The Bertz CT molecular complexity index is 990. The van der Waals surface area contributed by atoms with Crippen LogP contribution in [0.5, 0.6) is 5.75 Å². The molecule has 0 saturated heterocycles. The Labute approximate surface area is 133 Å². The predicted molar refractivity (Wildman–Crippen MR) is 87.6 cm³/mol. The highest BCUT2D eigenvalue weighted by atomic mass is 16.5. The molecular formula is C18H16N2O3. The summed E-state index contributed by atoms with van der Waals surface area (Å²) in [5.41, 5.74) is 3.31. The third kappa shape index (κ3) is 2.38. The molecule has 5 heteroatoms. The van der Waals surface area contributed by atoms with Crippen LogP contribution in [0, 0.1) is 18.3 Å². The molecule has 0 saturated carbocycles. The molecule has 0 amide bonds. The van der Waals surface area contributed by atoms with E-state index in [1.54, 1.807) is 19.2 Å². The van der Waals surface area contributed by atoms with Crippen molar-refractivity contribution in [3.63, 3.8) is 0 Å². The highest BCUT2D eigenvalue weighted by Crippen LogP contribution is 2.35. The Morgan fingerprint density at radius 3 is 2.74 bits per heavy atom. The standard InChI is InChI=1S/C18H16N2O3/c1-4-20-12(10-19)5-6-15(20)14-8-13-11(2)7-18(21)23-17(13)9-16(14)22-3/h5-9H,4H2,1-3H3. The van der Waals surface area contributed by atoms with Crippen LogP contribution in [0.1, 0.15) is 18.2 Å². The Kier molecular flexibility index (Phi) is 3.67. The van der Waals surface area contributed by atoms with Crippen LogP contribution in [-0.4, -0.2) is 11.7 Å². The fourth-order valence-corrected chi connectivity index (χ4v) is 2.86. The number of aryl methyl sites for hydroxylation is 1. The second-order valence-electron chi connectivity index (χ2n) is 5.26. The van der Waals surface area contributed by atoms with Crippen molar-refractivity contribution >= 4 is 11.0 Å². The van der Waals surface area contributed by atoms with Gasteiger partial charge in [0.1, 0.15) is 23.1 Å². The normalized spacial score (nSPS) is 10.7. The van der Waals surface area contributed by atoms with Crippen molar-refractivity contribution in [1.29, 1.82) is 5.26 Å². The van der Waals surface area contributed by atoms with Crippen LogP contribution in [0.15, 0.2) is 39.5 Å². The molecule has 23 heavy (non-hydrogen) atoms. The Balaban J connectivity index is 2.35. The molecule has 5 nitrogen and oxygen atoms in total. The lowest BCUT2D eigenvalue weighted by molar-refractivity contribution is 0.415. The number of rotatable bonds is 3. The number of fused-ring (bicyclic) bond motifs is 1. The maximum Gasteiger partial charge on any atom is 0.336 e. The number of nitrogens with zero attached hydrogens (tertiary/aromatic N) is 2. The molecule has 0 radical (unpaired) electrons. The number of methoxy groups -OCH3 is 1. The van der Waals surface area contributed by atoms with Crippen LogP contribution in [0.2, 0.25) is 0 Å². The summed E-state index contributed by atoms with van der Waals surface area (Å²) in [6.45, 7) is 4.53. The summed E-state index contributed by atoms with van der Waals surface area (Å²) in [6.07, 6.45) is 0. The van der Waals surface area contributed by atoms with Crippen LogP contribution >= 0.6 is 0 Å². The first-order valence-corrected chi connectivity index (χ1v) is 7.31. The molecule has 0 fully saturated rings. The minimum atomic E-state index is -0.381. The van der Waals surface area contributed by atoms with Gasteiger partial charge in [-0.1, -0.05) is 0 Å². The lowest BCUT2D eigenvalue weighted by atomic mass is 10.0. The third-order valence-corrected chi connectivity index (χ3v) is 3.96. The van der Waals surface area contributed by atoms with Crippen molar-refractivity contribution in [1.82, 2.24) is 4.57 Å². The molecule has 2 heterocycles. The number of aromatic nitrogens is 1. The van der Waals surface area contributed by atoms with E-state index in [1.165, 1.54) is 6.07 Å². The number of hydrogen-bond acceptors (Lipinski definition) is 4. The van der Waals surface area contributed by atoms with E-state index in [-0.39, 0.29) is 5.63 Å². The molecule has 0 aliphatic carbocycles. The highest BCUT2D eigenvalue weighted by Gasteiger charge is 2.16. The van der Waals surface area contributed by atoms with E-state index in [1.807, 2.05) is 30.5 Å². The van der Waals surface area contributed by atoms with Crippen molar-refractivity contribution in [3.05, 3.63) is 52.0 Å². The van der Waals surface area contributed by atoms with Crippen molar-refractivity contribution in [2.75, 3.05) is 7.11 Å². The first-order valence-electron chi connectivity index (χ1n) is 7.31. The van der Waals surface area contributed by atoms with E-state index in [0.717, 1.165) is 22.2 Å². The zero-order chi connectivity index (χ0) is 16.6. The molecule has 0 spiro atoms. The van der Waals surface area contributed by atoms with Crippen LogP contribution in [0.25, 0.3) is 22.2 Å². The molecule has 0 bridgehead atoms. The maximum atomic E-state index is 11.6. The molecular weight excluding hydrogens is 292 g/mol. The molecule has 3 aromatic rings. The number of nitriles is 1. The second-order valence-corrected chi connectivity index (χ2v) is 5.26. The number of ether oxygens (including phenoxy) is 1. The Morgan fingerprint density at radius 2 is 2.09 bits per heavy atom. The Morgan fingerprint density at radius 1 is 1.30 bits per heavy atom. The zero-order valence-electron chi connectivity index (χ0n) is 13.2. The second kappa shape index (κ2) is 5.65. The summed E-state index contributed by atoms with van der Waals surface area (Å²) in [4.78, 5) is 11.6. The summed E-state index contributed by atoms with van der Waals surface area (Å²) < 4.78 is 12.7. The number of benzene rings is 1. The van der Waals surface area contributed by atoms with Gasteiger partial charge in [0.05, 0.1) is 12.8 Å². The SMILES string of the molecule is CCn1c(C#N)ccc1-c1cc2c(C)cc(=O)oc2cc1OC. The Hall–Kier alpha value is -3.00. The zero-order valence-corrected chi connectivity index (χ0v) is 13.2. The first kappa shape index (κ1) is 14.9. The van der Waals surface area contributed by atoms with Crippen LogP contribution < -0.4 is 10.4 Å². The van der Waals surface area contributed by atoms with Crippen molar-refractivity contribution in [2.45, 2.75) is 20.4 Å². The minimum Gasteiger partial charge on any atom is -0.496 e. The van der Waals surface area contributed by atoms with E-state index in [4.69, 9.17) is 9.15 Å². The topological polar surface area (TPSA) is 68.2 Å². The van der Waals surface area contributed by atoms with Gasteiger partial charge in [-0.2, -0.15) is 5.26 Å². The van der Waals surface area contributed by atoms with Crippen molar-refractivity contribution in [3.8, 4) is 23.1 Å². The van der Waals surface area contributed by atoms with Gasteiger partial charge in [0.25, 0.3) is 0 Å². The largest absolute Gasteiger partial charge is 0.496 e. The molecule has 0 unspecified atom stereocenters. The van der Waals surface area contributed by atoms with Crippen molar-refractivity contribution < 1.29 is 9.15 Å². The maximum absolute atomic E-state index is 11.6. The summed E-state index contributed by atoms with van der Waals surface area (Å²) in [7, 11) is 1.57. The number of hydrogen-bond donors (Lipinski definition) is 0. The van der Waals surface area contributed by atoms with Gasteiger partial charge in [-0.05, 0) is 37.6 Å². The highest BCUT2D eigenvalue weighted by molar-refractivity contribution is 5.88. The smallest absolute Gasteiger partial charge is 0.336 e. The molecule has 0 aliphatic heterocycles. The van der Waals surface area contributed by atoms with Crippen molar-refractivity contribution in [2.24, 2.45) is 0 Å². The van der Waals surface area contributed by atoms with Gasteiger partial charge in [0.15, 0.2) is 0 Å². The van der Waals surface area contributed by atoms with Gasteiger partial charge in [-0.25, -0.2) is 4.79 Å². The average molecular weight is 308 g/mol. The summed E-state index contributed by atoms with van der Waals surface area (Å²) in [5, 5.41) is 10.1. The lowest BCUT2D eigenvalue weighted by Crippen LogP contribution is -2.02. The monoisotopic (exact) mass is 308 g/mol. The van der Waals surface area contributed by atoms with E-state index in [0.29, 0.717) is 23.6 Å². The van der Waals surface area contributed by atoms with Gasteiger partial charge >= 0.3 is 5.63 Å². The predicted octanol–water partition coefficient (Wildman–Crippen LogP) is 3.47. The van der Waals surface area contributed by atoms with E-state index in [9.17, 15) is 10.1 Å². The van der Waals surface area contributed by atoms with Gasteiger partial charge in [-0.3, -0.25) is 0 Å². The molecule has 1 aromatic carbocycles. The molecule has 0 N–H and O–H groups in total. The fourth-order valence-electron chi connectivity index (χ4n) is 2.86. The fraction of sp³-hybridized carbons (Fsp3) is 0.222. The molecule has 0 atom stereocenters. The summed E-state index contributed by atoms with van der Waals surface area (Å²) in [6, 6.07) is 11.0. The van der Waals surface area contributed by atoms with Crippen LogP contribution in [0.3, 0.4) is 0 Å². The first-order chi connectivity index (χ1) is 11.1. The van der Waals surface area contributed by atoms with E-state index < -0.39 is 0 Å². The van der Waals surface area contributed by atoms with Gasteiger partial charge < -0.3 is 13.7 Å². The molecule has 2 aromatic heterocycles. The minimum absolute atomic E-state index is 0.381. The van der Waals surface area contributed by atoms with E-state index >= 15 is 0 Å². The van der Waals surface area contributed by atoms with Gasteiger partial charge in [0.2, 0.25) is 0 Å². The quantitative estimate of drug-likeness (QED) is 0.695. The summed E-state index contributed by atoms with van der Waals surface area (Å²) in [5.74, 6) is 0.600. The van der Waals surface area contributed by atoms with E-state index in [2.05, 4.69) is 6.07 Å². The van der Waals surface area contributed by atoms with Crippen LogP contribution in [0.4, 0.5) is 0 Å². The summed E-state index contributed by atoms with van der Waals surface area (Å²) >= 11 is 0. The van der Waals surface area contributed by atoms with Gasteiger partial charge in [0, 0.05) is 29.6 Å². The van der Waals surface area contributed by atoms with Crippen LogP contribution in [-0.2, 0) is 6.54 Å².